The van der Waals surface area contributed by atoms with Crippen molar-refractivity contribution in [3.8, 4) is 16.9 Å². The highest BCUT2D eigenvalue weighted by Crippen LogP contribution is 2.31. The normalized spacial score (nSPS) is 13.9. The first kappa shape index (κ1) is 23.7. The van der Waals surface area contributed by atoms with Crippen molar-refractivity contribution in [2.24, 2.45) is 0 Å². The molecule has 0 atom stereocenters. The molecule has 1 fully saturated rings. The van der Waals surface area contributed by atoms with Gasteiger partial charge in [-0.05, 0) is 69.5 Å². The van der Waals surface area contributed by atoms with E-state index in [1.54, 1.807) is 44.4 Å². The van der Waals surface area contributed by atoms with E-state index in [-0.39, 0.29) is 17.0 Å². The molecule has 2 N–H and O–H groups in total. The van der Waals surface area contributed by atoms with Crippen LogP contribution in [-0.4, -0.2) is 36.1 Å². The molecule has 2 aromatic heterocycles. The van der Waals surface area contributed by atoms with E-state index in [2.05, 4.69) is 20.0 Å². The van der Waals surface area contributed by atoms with Gasteiger partial charge >= 0.3 is 0 Å². The number of hydrogen-bond acceptors (Lipinski definition) is 6. The summed E-state index contributed by atoms with van der Waals surface area (Å²) in [7, 11) is -3.43. The highest BCUT2D eigenvalue weighted by atomic mass is 32.2. The fourth-order valence-corrected chi connectivity index (χ4v) is 4.75. The van der Waals surface area contributed by atoms with Gasteiger partial charge in [-0.15, -0.1) is 0 Å². The van der Waals surface area contributed by atoms with Gasteiger partial charge in [0, 0.05) is 17.4 Å². The zero-order valence-corrected chi connectivity index (χ0v) is 20.2. The number of pyridine rings is 2. The van der Waals surface area contributed by atoms with Crippen molar-refractivity contribution in [3.63, 3.8) is 0 Å². The first-order valence-electron chi connectivity index (χ1n) is 11.2. The van der Waals surface area contributed by atoms with Gasteiger partial charge in [-0.2, -0.15) is 0 Å². The number of amides is 1. The van der Waals surface area contributed by atoms with E-state index in [4.69, 9.17) is 4.74 Å². The quantitative estimate of drug-likeness (QED) is 0.471. The van der Waals surface area contributed by atoms with Crippen LogP contribution in [0.1, 0.15) is 39.3 Å². The number of hydrogen-bond donors (Lipinski definition) is 2. The molecule has 0 bridgehead atoms. The molecule has 4 rings (SSSR count). The molecule has 0 spiro atoms. The van der Waals surface area contributed by atoms with Crippen molar-refractivity contribution >= 4 is 27.4 Å². The maximum Gasteiger partial charge on any atom is 0.236 e. The molecule has 1 aromatic carbocycles. The Kier molecular flexibility index (Phi) is 6.56. The molecular weight excluding hydrogens is 452 g/mol. The first-order valence-corrected chi connectivity index (χ1v) is 12.7. The molecule has 8 nitrogen and oxygen atoms in total. The number of sulfonamides is 1. The third-order valence-electron chi connectivity index (χ3n) is 5.67. The van der Waals surface area contributed by atoms with Crippen LogP contribution in [0.15, 0.2) is 60.9 Å². The molecule has 2 heterocycles. The smallest absolute Gasteiger partial charge is 0.236 e. The van der Waals surface area contributed by atoms with Gasteiger partial charge in [0.1, 0.15) is 11.6 Å². The first-order chi connectivity index (χ1) is 16.2. The molecule has 9 heteroatoms. The lowest BCUT2D eigenvalue weighted by Gasteiger charge is -2.24. The van der Waals surface area contributed by atoms with Gasteiger partial charge in [-0.25, -0.2) is 13.4 Å². The molecule has 1 aliphatic rings. The fraction of sp³-hybridized carbons (Fsp3) is 0.320. The van der Waals surface area contributed by atoms with E-state index in [0.717, 1.165) is 11.1 Å². The van der Waals surface area contributed by atoms with Crippen LogP contribution in [0.4, 0.5) is 11.5 Å². The van der Waals surface area contributed by atoms with Gasteiger partial charge in [-0.1, -0.05) is 18.2 Å². The van der Waals surface area contributed by atoms with E-state index in [1.165, 1.54) is 0 Å². The molecule has 1 aliphatic carbocycles. The Bertz CT molecular complexity index is 1290. The number of carbonyl (C=O) groups excluding carboxylic acids is 1. The summed E-state index contributed by atoms with van der Waals surface area (Å²) in [6.45, 7) is 5.99. The second-order valence-corrected chi connectivity index (χ2v) is 10.7. The van der Waals surface area contributed by atoms with Crippen LogP contribution < -0.4 is 14.8 Å². The van der Waals surface area contributed by atoms with Crippen LogP contribution in [0.3, 0.4) is 0 Å². The number of anilines is 2. The van der Waals surface area contributed by atoms with Crippen LogP contribution >= 0.6 is 0 Å². The minimum Gasteiger partial charge on any atom is -0.492 e. The highest BCUT2D eigenvalue weighted by Gasteiger charge is 2.36. The number of nitrogens with one attached hydrogen (secondary N) is 2. The molecular formula is C25H28N4O4S. The van der Waals surface area contributed by atoms with Crippen molar-refractivity contribution < 1.29 is 17.9 Å². The molecule has 0 aliphatic heterocycles. The minimum absolute atomic E-state index is 0.220. The zero-order valence-electron chi connectivity index (χ0n) is 19.4. The van der Waals surface area contributed by atoms with Crippen molar-refractivity contribution in [2.75, 3.05) is 16.6 Å². The number of aromatic nitrogens is 2. The SMILES string of the molecule is CCOc1cncc(-c2ccc(NC(=O)C(C)(C)c3cccc(NS(=O)(=O)C4CC4)n3)cc2)c1. The predicted molar refractivity (Wildman–Crippen MR) is 132 cm³/mol. The topological polar surface area (TPSA) is 110 Å². The summed E-state index contributed by atoms with van der Waals surface area (Å²) < 4.78 is 32.5. The van der Waals surface area contributed by atoms with Crippen LogP contribution in [-0.2, 0) is 20.2 Å². The van der Waals surface area contributed by atoms with Gasteiger partial charge in [-0.3, -0.25) is 14.5 Å². The molecule has 1 amide bonds. The predicted octanol–water partition coefficient (Wildman–Crippen LogP) is 4.36. The molecule has 178 valence electrons. The Labute approximate surface area is 199 Å². The summed E-state index contributed by atoms with van der Waals surface area (Å²) in [6, 6.07) is 14.4. The Morgan fingerprint density at radius 3 is 2.50 bits per heavy atom. The Hall–Kier alpha value is -3.46. The molecule has 0 saturated heterocycles. The van der Waals surface area contributed by atoms with E-state index in [0.29, 0.717) is 36.6 Å². The van der Waals surface area contributed by atoms with Crippen molar-refractivity contribution in [2.45, 2.75) is 44.3 Å². The monoisotopic (exact) mass is 480 g/mol. The number of benzene rings is 1. The van der Waals surface area contributed by atoms with Gasteiger partial charge in [0.15, 0.2) is 0 Å². The maximum absolute atomic E-state index is 13.1. The zero-order chi connectivity index (χ0) is 24.3. The van der Waals surface area contributed by atoms with Crippen molar-refractivity contribution in [3.05, 3.63) is 66.6 Å². The molecule has 1 saturated carbocycles. The van der Waals surface area contributed by atoms with Crippen LogP contribution in [0, 0.1) is 0 Å². The highest BCUT2D eigenvalue weighted by molar-refractivity contribution is 7.93. The van der Waals surface area contributed by atoms with Crippen LogP contribution in [0.5, 0.6) is 5.75 Å². The molecule has 0 radical (unpaired) electrons. The summed E-state index contributed by atoms with van der Waals surface area (Å²) in [6.07, 6.45) is 4.76. The number of ether oxygens (including phenoxy) is 1. The largest absolute Gasteiger partial charge is 0.492 e. The van der Waals surface area contributed by atoms with E-state index in [1.807, 2.05) is 37.3 Å². The second kappa shape index (κ2) is 9.42. The number of rotatable bonds is 9. The van der Waals surface area contributed by atoms with Gasteiger partial charge < -0.3 is 10.1 Å². The average molecular weight is 481 g/mol. The van der Waals surface area contributed by atoms with Crippen LogP contribution in [0.2, 0.25) is 0 Å². The van der Waals surface area contributed by atoms with Crippen molar-refractivity contribution in [1.82, 2.24) is 9.97 Å². The lowest BCUT2D eigenvalue weighted by Crippen LogP contribution is -2.35. The fourth-order valence-electron chi connectivity index (χ4n) is 3.42. The van der Waals surface area contributed by atoms with E-state index >= 15 is 0 Å². The summed E-state index contributed by atoms with van der Waals surface area (Å²) in [5, 5.41) is 2.58. The summed E-state index contributed by atoms with van der Waals surface area (Å²) >= 11 is 0. The Morgan fingerprint density at radius 2 is 1.82 bits per heavy atom. The van der Waals surface area contributed by atoms with Crippen molar-refractivity contribution in [1.29, 1.82) is 0 Å². The second-order valence-electron chi connectivity index (χ2n) is 8.75. The average Bonchev–Trinajstić information content (AvgIpc) is 3.66. The molecule has 0 unspecified atom stereocenters. The summed E-state index contributed by atoms with van der Waals surface area (Å²) in [5.74, 6) is 0.667. The minimum atomic E-state index is -3.43. The standard InChI is InChI=1S/C25H28N4O4S/c1-4-33-20-14-18(15-26-16-20)17-8-10-19(11-9-17)27-24(30)25(2,3)22-6-5-7-23(28-22)29-34(31,32)21-12-13-21/h5-11,14-16,21H,4,12-13H2,1-3H3,(H,27,30)(H,28,29). The molecule has 3 aromatic rings. The van der Waals surface area contributed by atoms with E-state index in [9.17, 15) is 13.2 Å². The summed E-state index contributed by atoms with van der Waals surface area (Å²) in [5.41, 5.74) is 1.98. The number of nitrogens with zero attached hydrogens (tertiary/aromatic N) is 2. The van der Waals surface area contributed by atoms with Crippen LogP contribution in [0.25, 0.3) is 11.1 Å². The van der Waals surface area contributed by atoms with E-state index < -0.39 is 15.4 Å². The van der Waals surface area contributed by atoms with Gasteiger partial charge in [0.25, 0.3) is 0 Å². The third-order valence-corrected chi connectivity index (χ3v) is 7.51. The Morgan fingerprint density at radius 1 is 1.09 bits per heavy atom. The molecule has 34 heavy (non-hydrogen) atoms. The van der Waals surface area contributed by atoms with Gasteiger partial charge in [0.2, 0.25) is 15.9 Å². The third kappa shape index (κ3) is 5.36. The maximum atomic E-state index is 13.1. The summed E-state index contributed by atoms with van der Waals surface area (Å²) in [4.78, 5) is 21.7. The Balaban J connectivity index is 1.46. The lowest BCUT2D eigenvalue weighted by atomic mass is 9.87. The number of carbonyl (C=O) groups is 1. The van der Waals surface area contributed by atoms with Gasteiger partial charge in [0.05, 0.1) is 29.2 Å². The lowest BCUT2D eigenvalue weighted by molar-refractivity contribution is -0.120.